The van der Waals surface area contributed by atoms with E-state index in [9.17, 15) is 0 Å². The van der Waals surface area contributed by atoms with Crippen LogP contribution in [-0.4, -0.2) is 38.2 Å². The van der Waals surface area contributed by atoms with E-state index in [2.05, 4.69) is 479 Å². The second-order valence-corrected chi connectivity index (χ2v) is 33.0. The molecule has 0 spiro atoms. The Morgan fingerprint density at radius 1 is 0.131 bits per heavy atom. The molecule has 0 saturated heterocycles. The SMILES string of the molecule is c1ccc(-c2ccc3c(c2)c2cc(-c4ccccc4)ccc2n3-c2cccc(-c3nc(-c4ccccc4)cc(-c4ccccc4)n3)c2-c2ccccc2-n2c3ccccc3c3ccccc32)cc1.c1ccc(-c2ccc3c(c2)c2ccccc2n3-c2cccc(-c3nc(-c4ccccc4)cc(-c4ccccc4)n3)c2-c2ccccc2-n2c3ccccc3c3ccccc32)cc1. The molecule has 8 nitrogen and oxygen atoms in total. The van der Waals surface area contributed by atoms with Gasteiger partial charge in [0, 0.05) is 98.7 Å². The van der Waals surface area contributed by atoms with Gasteiger partial charge in [-0.15, -0.1) is 0 Å². The quantitative estimate of drug-likeness (QED) is 0.103. The monoisotopic (exact) mass is 1660 g/mol. The summed E-state index contributed by atoms with van der Waals surface area (Å²) >= 11 is 0. The van der Waals surface area contributed by atoms with Crippen LogP contribution >= 0.6 is 0 Å². The largest absolute Gasteiger partial charge is 0.309 e. The first-order valence-electron chi connectivity index (χ1n) is 44.2. The third-order valence-corrected chi connectivity index (χ3v) is 25.5. The first-order chi connectivity index (χ1) is 64.5. The van der Waals surface area contributed by atoms with Crippen molar-refractivity contribution in [3.63, 3.8) is 0 Å². The van der Waals surface area contributed by atoms with Gasteiger partial charge in [-0.25, -0.2) is 19.9 Å². The lowest BCUT2D eigenvalue weighted by atomic mass is 9.94. The van der Waals surface area contributed by atoms with E-state index in [0.717, 1.165) is 145 Å². The van der Waals surface area contributed by atoms with Gasteiger partial charge >= 0.3 is 0 Å². The second kappa shape index (κ2) is 32.6. The van der Waals surface area contributed by atoms with Crippen molar-refractivity contribution in [1.29, 1.82) is 0 Å². The standard InChI is InChI=1S/C64H42N4.C58H38N4/c1-5-20-43(21-6-1)47-36-38-60-53(40-47)54-41-48(44-22-7-2-8-23-44)37-39-61(54)68(60)62-35-19-31-52(64-65-55(45-24-9-3-10-25-45)42-56(66-64)46-26-11-4-12-27-46)63(62)51-30-15-18-34-59(51)67-57-32-16-13-28-49(57)50-29-14-17-33-58(50)67;1-4-19-39(20-5-1)42-35-36-55-48(37-42)45-27-12-16-32-53(45)62(55)56-34-18-29-47(58-59-49(40-21-6-2-7-22-40)38-50(60-58)41-23-8-3-9-24-41)57(56)46-28-13-17-33-54(46)61-51-30-14-10-25-43(51)44-26-11-15-31-52(44)61/h1-42H;1-38H. The van der Waals surface area contributed by atoms with Crippen LogP contribution < -0.4 is 0 Å². The van der Waals surface area contributed by atoms with Gasteiger partial charge in [-0.05, 0) is 137 Å². The summed E-state index contributed by atoms with van der Waals surface area (Å²) in [5.41, 5.74) is 34.1. The molecule has 25 rings (SSSR count). The van der Waals surface area contributed by atoms with Crippen molar-refractivity contribution in [3.8, 4) is 146 Å². The third-order valence-electron chi connectivity index (χ3n) is 25.5. The Kier molecular flexibility index (Phi) is 19.1. The number of nitrogens with zero attached hydrogens (tertiary/aromatic N) is 8. The van der Waals surface area contributed by atoms with Crippen molar-refractivity contribution in [1.82, 2.24) is 38.2 Å². The molecule has 0 saturated carbocycles. The number of aromatic nitrogens is 8. The second-order valence-electron chi connectivity index (χ2n) is 33.0. The van der Waals surface area contributed by atoms with Gasteiger partial charge in [-0.1, -0.05) is 382 Å². The van der Waals surface area contributed by atoms with E-state index in [1.54, 1.807) is 0 Å². The summed E-state index contributed by atoms with van der Waals surface area (Å²) in [5, 5.41) is 9.61. The first-order valence-corrected chi connectivity index (χ1v) is 44.2. The normalized spacial score (nSPS) is 11.5. The smallest absolute Gasteiger partial charge is 0.161 e. The summed E-state index contributed by atoms with van der Waals surface area (Å²) in [5.74, 6) is 1.31. The molecule has 0 aliphatic rings. The van der Waals surface area contributed by atoms with Crippen LogP contribution in [0.5, 0.6) is 0 Å². The molecule has 19 aromatic carbocycles. The molecule has 0 bridgehead atoms. The lowest BCUT2D eigenvalue weighted by Gasteiger charge is -2.21. The molecule has 0 fully saturated rings. The molecule has 0 N–H and O–H groups in total. The Morgan fingerprint density at radius 2 is 0.338 bits per heavy atom. The summed E-state index contributed by atoms with van der Waals surface area (Å²) in [7, 11) is 0. The van der Waals surface area contributed by atoms with Crippen molar-refractivity contribution >= 4 is 87.2 Å². The molecule has 6 aromatic heterocycles. The molecule has 608 valence electrons. The average molecular weight is 1660 g/mol. The topological polar surface area (TPSA) is 71.3 Å². The van der Waals surface area contributed by atoms with E-state index < -0.39 is 0 Å². The summed E-state index contributed by atoms with van der Waals surface area (Å²) in [6, 6.07) is 173. The van der Waals surface area contributed by atoms with Gasteiger partial charge in [-0.3, -0.25) is 0 Å². The molecule has 0 radical (unpaired) electrons. The minimum Gasteiger partial charge on any atom is -0.309 e. The third kappa shape index (κ3) is 13.4. The Hall–Kier alpha value is -17.5. The number of hydrogen-bond donors (Lipinski definition) is 0. The van der Waals surface area contributed by atoms with E-state index in [0.29, 0.717) is 11.6 Å². The summed E-state index contributed by atoms with van der Waals surface area (Å²) in [6.07, 6.45) is 0. The minimum atomic E-state index is 0.651. The van der Waals surface area contributed by atoms with Crippen LogP contribution in [0.4, 0.5) is 0 Å². The van der Waals surface area contributed by atoms with Gasteiger partial charge in [0.05, 0.1) is 89.7 Å². The molecule has 6 heterocycles. The zero-order valence-corrected chi connectivity index (χ0v) is 70.8. The molecule has 0 amide bonds. The van der Waals surface area contributed by atoms with Crippen LogP contribution in [0.25, 0.3) is 233 Å². The Morgan fingerprint density at radius 3 is 0.631 bits per heavy atom. The first kappa shape index (κ1) is 76.2. The Labute approximate surface area is 751 Å². The zero-order valence-electron chi connectivity index (χ0n) is 70.8. The van der Waals surface area contributed by atoms with E-state index in [1.807, 2.05) is 24.3 Å². The van der Waals surface area contributed by atoms with Crippen molar-refractivity contribution in [2.24, 2.45) is 0 Å². The summed E-state index contributed by atoms with van der Waals surface area (Å²) in [6.45, 7) is 0. The van der Waals surface area contributed by atoms with E-state index >= 15 is 0 Å². The van der Waals surface area contributed by atoms with Gasteiger partial charge < -0.3 is 18.3 Å². The average Bonchev–Trinajstić information content (AvgIpc) is 1.53. The van der Waals surface area contributed by atoms with E-state index in [1.165, 1.54) is 76.5 Å². The van der Waals surface area contributed by atoms with Gasteiger partial charge in [0.1, 0.15) is 0 Å². The van der Waals surface area contributed by atoms with Crippen molar-refractivity contribution in [3.05, 3.63) is 485 Å². The number of hydrogen-bond acceptors (Lipinski definition) is 4. The molecule has 0 atom stereocenters. The molecule has 130 heavy (non-hydrogen) atoms. The highest BCUT2D eigenvalue weighted by atomic mass is 15.0. The zero-order chi connectivity index (χ0) is 86.0. The molecule has 8 heteroatoms. The molecular weight excluding hydrogens is 1580 g/mol. The highest BCUT2D eigenvalue weighted by molar-refractivity contribution is 6.16. The maximum absolute atomic E-state index is 5.49. The van der Waals surface area contributed by atoms with Gasteiger partial charge in [0.2, 0.25) is 0 Å². The van der Waals surface area contributed by atoms with Crippen LogP contribution in [0.1, 0.15) is 0 Å². The van der Waals surface area contributed by atoms with E-state index in [-0.39, 0.29) is 0 Å². The summed E-state index contributed by atoms with van der Waals surface area (Å²) in [4.78, 5) is 21.9. The van der Waals surface area contributed by atoms with Crippen molar-refractivity contribution < 1.29 is 0 Å². The highest BCUT2D eigenvalue weighted by Crippen LogP contribution is 2.50. The van der Waals surface area contributed by atoms with Crippen LogP contribution in [-0.2, 0) is 0 Å². The summed E-state index contributed by atoms with van der Waals surface area (Å²) < 4.78 is 9.77. The maximum Gasteiger partial charge on any atom is 0.161 e. The number of para-hydroxylation sites is 7. The van der Waals surface area contributed by atoms with Gasteiger partial charge in [0.15, 0.2) is 11.6 Å². The molecule has 0 aliphatic carbocycles. The Bertz CT molecular complexity index is 8320. The van der Waals surface area contributed by atoms with Crippen LogP contribution in [0.3, 0.4) is 0 Å². The molecular formula is C122H80N8. The maximum atomic E-state index is 5.49. The number of fused-ring (bicyclic) bond motifs is 12. The fourth-order valence-corrected chi connectivity index (χ4v) is 19.6. The predicted octanol–water partition coefficient (Wildman–Crippen LogP) is 31.7. The number of rotatable bonds is 15. The van der Waals surface area contributed by atoms with Gasteiger partial charge in [0.25, 0.3) is 0 Å². The highest BCUT2D eigenvalue weighted by Gasteiger charge is 2.29. The molecule has 0 aliphatic heterocycles. The van der Waals surface area contributed by atoms with Crippen molar-refractivity contribution in [2.45, 2.75) is 0 Å². The fraction of sp³-hybridized carbons (Fsp3) is 0. The Balaban J connectivity index is 0.000000145. The van der Waals surface area contributed by atoms with Crippen LogP contribution in [0.15, 0.2) is 485 Å². The molecule has 25 aromatic rings. The van der Waals surface area contributed by atoms with Gasteiger partial charge in [-0.2, -0.15) is 0 Å². The van der Waals surface area contributed by atoms with E-state index in [4.69, 9.17) is 19.9 Å². The fourth-order valence-electron chi connectivity index (χ4n) is 19.6. The molecule has 0 unspecified atom stereocenters. The lowest BCUT2D eigenvalue weighted by molar-refractivity contribution is 1.15. The lowest BCUT2D eigenvalue weighted by Crippen LogP contribution is -2.04. The van der Waals surface area contributed by atoms with Crippen molar-refractivity contribution in [2.75, 3.05) is 0 Å². The van der Waals surface area contributed by atoms with Crippen LogP contribution in [0.2, 0.25) is 0 Å². The number of benzene rings is 19. The minimum absolute atomic E-state index is 0.651. The predicted molar refractivity (Wildman–Crippen MR) is 541 cm³/mol. The van der Waals surface area contributed by atoms with Crippen LogP contribution in [0, 0.1) is 0 Å².